The molecule has 2 aromatic rings. The van der Waals surface area contributed by atoms with Crippen LogP contribution >= 0.6 is 24.8 Å². The Balaban J connectivity index is 0.00000110. The van der Waals surface area contributed by atoms with Gasteiger partial charge in [0.05, 0.1) is 12.2 Å². The number of hydrogen-bond donors (Lipinski definition) is 1. The van der Waals surface area contributed by atoms with E-state index in [1.807, 2.05) is 36.5 Å². The van der Waals surface area contributed by atoms with E-state index in [-0.39, 0.29) is 30.2 Å². The van der Waals surface area contributed by atoms with E-state index in [4.69, 9.17) is 0 Å². The van der Waals surface area contributed by atoms with Crippen LogP contribution in [-0.2, 0) is 12.0 Å². The summed E-state index contributed by atoms with van der Waals surface area (Å²) in [5.41, 5.74) is 3.54. The molecule has 0 amide bonds. The summed E-state index contributed by atoms with van der Waals surface area (Å²) < 4.78 is 0. The molecule has 0 spiro atoms. The number of rotatable bonds is 2. The third-order valence-electron chi connectivity index (χ3n) is 3.72. The SMILES string of the molecule is CC1(C)CN(Cc2ccccn2)c2ccc(O)cc21.Cl.Cl. The number of hydrogen-bond acceptors (Lipinski definition) is 3. The Hall–Kier alpha value is -1.45. The van der Waals surface area contributed by atoms with Crippen molar-refractivity contribution in [1.82, 2.24) is 4.98 Å². The van der Waals surface area contributed by atoms with Crippen LogP contribution in [0.25, 0.3) is 0 Å². The number of benzene rings is 1. The molecule has 1 N–H and O–H groups in total. The van der Waals surface area contributed by atoms with Gasteiger partial charge in [0.25, 0.3) is 0 Å². The molecule has 5 heteroatoms. The Kier molecular flexibility index (Phi) is 5.48. The van der Waals surface area contributed by atoms with E-state index in [0.717, 1.165) is 18.8 Å². The zero-order valence-electron chi connectivity index (χ0n) is 12.1. The van der Waals surface area contributed by atoms with E-state index in [1.54, 1.807) is 6.07 Å². The van der Waals surface area contributed by atoms with Gasteiger partial charge in [0.1, 0.15) is 5.75 Å². The number of phenolic OH excluding ortho intramolecular Hbond substituents is 1. The van der Waals surface area contributed by atoms with E-state index in [0.29, 0.717) is 5.75 Å². The van der Waals surface area contributed by atoms with Crippen LogP contribution in [0.5, 0.6) is 5.75 Å². The van der Waals surface area contributed by atoms with Crippen molar-refractivity contribution in [1.29, 1.82) is 0 Å². The van der Waals surface area contributed by atoms with Crippen LogP contribution < -0.4 is 4.90 Å². The first-order valence-corrected chi connectivity index (χ1v) is 6.55. The first kappa shape index (κ1) is 17.6. The highest BCUT2D eigenvalue weighted by molar-refractivity contribution is 5.85. The highest BCUT2D eigenvalue weighted by Crippen LogP contribution is 2.42. The molecule has 0 aliphatic carbocycles. The molecule has 3 nitrogen and oxygen atoms in total. The minimum absolute atomic E-state index is 0. The van der Waals surface area contributed by atoms with Crippen LogP contribution in [0, 0.1) is 0 Å². The van der Waals surface area contributed by atoms with Gasteiger partial charge in [-0.05, 0) is 35.9 Å². The lowest BCUT2D eigenvalue weighted by Gasteiger charge is -2.22. The molecule has 0 unspecified atom stereocenters. The second-order valence-corrected chi connectivity index (χ2v) is 5.76. The van der Waals surface area contributed by atoms with Crippen molar-refractivity contribution in [2.75, 3.05) is 11.4 Å². The van der Waals surface area contributed by atoms with E-state index in [1.165, 1.54) is 11.3 Å². The van der Waals surface area contributed by atoms with Crippen molar-refractivity contribution < 1.29 is 5.11 Å². The van der Waals surface area contributed by atoms with E-state index in [2.05, 4.69) is 23.7 Å². The predicted molar refractivity (Wildman–Crippen MR) is 90.9 cm³/mol. The average Bonchev–Trinajstić information content (AvgIpc) is 2.62. The molecule has 2 heterocycles. The molecule has 1 aromatic heterocycles. The summed E-state index contributed by atoms with van der Waals surface area (Å²) in [4.78, 5) is 6.72. The number of phenols is 1. The van der Waals surface area contributed by atoms with Gasteiger partial charge in [-0.3, -0.25) is 4.98 Å². The van der Waals surface area contributed by atoms with Gasteiger partial charge in [0.2, 0.25) is 0 Å². The summed E-state index contributed by atoms with van der Waals surface area (Å²) in [6.07, 6.45) is 1.83. The third-order valence-corrected chi connectivity index (χ3v) is 3.72. The van der Waals surface area contributed by atoms with Gasteiger partial charge in [0.15, 0.2) is 0 Å². The van der Waals surface area contributed by atoms with Crippen LogP contribution in [0.1, 0.15) is 25.1 Å². The average molecular weight is 327 g/mol. The smallest absolute Gasteiger partial charge is 0.116 e. The quantitative estimate of drug-likeness (QED) is 0.908. The molecule has 114 valence electrons. The number of fused-ring (bicyclic) bond motifs is 1. The second-order valence-electron chi connectivity index (χ2n) is 5.76. The van der Waals surface area contributed by atoms with Crippen LogP contribution in [0.2, 0.25) is 0 Å². The molecule has 0 saturated heterocycles. The fraction of sp³-hybridized carbons (Fsp3) is 0.312. The predicted octanol–water partition coefficient (Wildman–Crippen LogP) is 3.93. The van der Waals surface area contributed by atoms with Gasteiger partial charge in [-0.1, -0.05) is 19.9 Å². The summed E-state index contributed by atoms with van der Waals surface area (Å²) in [7, 11) is 0. The van der Waals surface area contributed by atoms with Crippen molar-refractivity contribution in [2.24, 2.45) is 0 Å². The standard InChI is InChI=1S/C16H18N2O.2ClH/c1-16(2)11-18(10-12-5-3-4-8-17-12)15-7-6-13(19)9-14(15)16;;/h3-9,19H,10-11H2,1-2H3;2*1H. The maximum atomic E-state index is 9.67. The summed E-state index contributed by atoms with van der Waals surface area (Å²) in [5.74, 6) is 0.339. The molecule has 1 aliphatic heterocycles. The molecule has 1 aliphatic rings. The van der Waals surface area contributed by atoms with Crippen molar-refractivity contribution in [2.45, 2.75) is 25.8 Å². The molecule has 3 rings (SSSR count). The van der Waals surface area contributed by atoms with Gasteiger partial charge in [0, 0.05) is 23.8 Å². The Morgan fingerprint density at radius 3 is 2.62 bits per heavy atom. The van der Waals surface area contributed by atoms with Crippen molar-refractivity contribution in [3.63, 3.8) is 0 Å². The summed E-state index contributed by atoms with van der Waals surface area (Å²) in [5, 5.41) is 9.67. The molecule has 0 atom stereocenters. The molecule has 21 heavy (non-hydrogen) atoms. The maximum Gasteiger partial charge on any atom is 0.116 e. The third kappa shape index (κ3) is 3.42. The monoisotopic (exact) mass is 326 g/mol. The van der Waals surface area contributed by atoms with Gasteiger partial charge >= 0.3 is 0 Å². The zero-order chi connectivity index (χ0) is 13.5. The molecular formula is C16H20Cl2N2O. The lowest BCUT2D eigenvalue weighted by atomic mass is 9.87. The first-order chi connectivity index (χ1) is 9.06. The first-order valence-electron chi connectivity index (χ1n) is 6.55. The summed E-state index contributed by atoms with van der Waals surface area (Å²) >= 11 is 0. The fourth-order valence-corrected chi connectivity index (χ4v) is 2.82. The number of nitrogens with zero attached hydrogens (tertiary/aromatic N) is 2. The van der Waals surface area contributed by atoms with E-state index >= 15 is 0 Å². The van der Waals surface area contributed by atoms with Crippen LogP contribution in [0.15, 0.2) is 42.6 Å². The van der Waals surface area contributed by atoms with Crippen LogP contribution in [0.3, 0.4) is 0 Å². The summed E-state index contributed by atoms with van der Waals surface area (Å²) in [6.45, 7) is 6.18. The molecule has 1 aromatic carbocycles. The minimum Gasteiger partial charge on any atom is -0.508 e. The Morgan fingerprint density at radius 1 is 1.19 bits per heavy atom. The number of pyridine rings is 1. The van der Waals surface area contributed by atoms with Gasteiger partial charge in [-0.25, -0.2) is 0 Å². The second kappa shape index (κ2) is 6.54. The van der Waals surface area contributed by atoms with Gasteiger partial charge < -0.3 is 10.0 Å². The molecule has 0 bridgehead atoms. The number of aromatic hydroxyl groups is 1. The molecule has 0 saturated carbocycles. The Labute approximate surface area is 137 Å². The number of halogens is 2. The lowest BCUT2D eigenvalue weighted by molar-refractivity contribution is 0.471. The number of anilines is 1. The topological polar surface area (TPSA) is 36.4 Å². The van der Waals surface area contributed by atoms with E-state index < -0.39 is 0 Å². The Bertz CT molecular complexity index is 602. The normalized spacial score (nSPS) is 14.9. The van der Waals surface area contributed by atoms with Gasteiger partial charge in [-0.15, -0.1) is 24.8 Å². The largest absolute Gasteiger partial charge is 0.508 e. The lowest BCUT2D eigenvalue weighted by Crippen LogP contribution is -2.28. The van der Waals surface area contributed by atoms with Crippen LogP contribution in [-0.4, -0.2) is 16.6 Å². The summed E-state index contributed by atoms with van der Waals surface area (Å²) in [6, 6.07) is 11.6. The highest BCUT2D eigenvalue weighted by Gasteiger charge is 2.35. The van der Waals surface area contributed by atoms with Crippen molar-refractivity contribution >= 4 is 30.5 Å². The minimum atomic E-state index is 0. The van der Waals surface area contributed by atoms with Crippen molar-refractivity contribution in [3.8, 4) is 5.75 Å². The van der Waals surface area contributed by atoms with E-state index in [9.17, 15) is 5.11 Å². The van der Waals surface area contributed by atoms with Crippen molar-refractivity contribution in [3.05, 3.63) is 53.9 Å². The maximum absolute atomic E-state index is 9.67. The molecular weight excluding hydrogens is 307 g/mol. The Morgan fingerprint density at radius 2 is 1.95 bits per heavy atom. The molecule has 0 radical (unpaired) electrons. The number of aromatic nitrogens is 1. The zero-order valence-corrected chi connectivity index (χ0v) is 13.7. The fourth-order valence-electron chi connectivity index (χ4n) is 2.82. The highest BCUT2D eigenvalue weighted by atomic mass is 35.5. The van der Waals surface area contributed by atoms with Gasteiger partial charge in [-0.2, -0.15) is 0 Å². The molecule has 0 fully saturated rings. The van der Waals surface area contributed by atoms with Crippen LogP contribution in [0.4, 0.5) is 5.69 Å².